The van der Waals surface area contributed by atoms with Crippen LogP contribution in [0.15, 0.2) is 42.5 Å². The van der Waals surface area contributed by atoms with Gasteiger partial charge in [0.1, 0.15) is 12.4 Å². The van der Waals surface area contributed by atoms with Gasteiger partial charge in [-0.2, -0.15) is 0 Å². The van der Waals surface area contributed by atoms with Gasteiger partial charge in [-0.05, 0) is 54.7 Å². The molecule has 2 rings (SSSR count). The van der Waals surface area contributed by atoms with Crippen LogP contribution in [0.4, 0.5) is 0 Å². The molecule has 3 N–H and O–H groups in total. The third-order valence-electron chi connectivity index (χ3n) is 3.37. The Hall–Kier alpha value is -2.39. The van der Waals surface area contributed by atoms with E-state index in [9.17, 15) is 9.59 Å². The second kappa shape index (κ2) is 10.8. The maximum Gasteiger partial charge on any atom is 0.271 e. The molecule has 2 aromatic carbocycles. The standard InChI is InChI=1S/C18H17Cl2N3O4S/c1-26-8-9-27-13-5-2-11(3-6-13)16(24)21-18(28)23-22-17(25)14-7-4-12(19)10-15(14)20/h2-7,10H,8-9H2,1H3,(H,22,25)(H2,21,23,24,28). The van der Waals surface area contributed by atoms with E-state index in [2.05, 4.69) is 16.2 Å². The van der Waals surface area contributed by atoms with Crippen LogP contribution in [0.3, 0.4) is 0 Å². The molecule has 7 nitrogen and oxygen atoms in total. The van der Waals surface area contributed by atoms with Crippen molar-refractivity contribution in [3.8, 4) is 5.75 Å². The number of benzene rings is 2. The first-order valence-corrected chi connectivity index (χ1v) is 9.15. The molecule has 148 valence electrons. The van der Waals surface area contributed by atoms with Gasteiger partial charge in [0.2, 0.25) is 0 Å². The Bertz CT molecular complexity index is 862. The van der Waals surface area contributed by atoms with Gasteiger partial charge in [0.15, 0.2) is 5.11 Å². The summed E-state index contributed by atoms with van der Waals surface area (Å²) in [4.78, 5) is 24.3. The quantitative estimate of drug-likeness (QED) is 0.362. The molecular weight excluding hydrogens is 425 g/mol. The molecule has 0 bridgehead atoms. The number of hydrogen-bond donors (Lipinski definition) is 3. The Morgan fingerprint density at radius 2 is 1.71 bits per heavy atom. The van der Waals surface area contributed by atoms with Gasteiger partial charge in [0.25, 0.3) is 11.8 Å². The number of rotatable bonds is 6. The van der Waals surface area contributed by atoms with Crippen molar-refractivity contribution in [1.82, 2.24) is 16.2 Å². The van der Waals surface area contributed by atoms with Gasteiger partial charge in [0, 0.05) is 17.7 Å². The lowest BCUT2D eigenvalue weighted by Crippen LogP contribution is -2.48. The Morgan fingerprint density at radius 1 is 1.00 bits per heavy atom. The highest BCUT2D eigenvalue weighted by Crippen LogP contribution is 2.20. The van der Waals surface area contributed by atoms with E-state index in [4.69, 9.17) is 44.9 Å². The first-order valence-electron chi connectivity index (χ1n) is 7.99. The lowest BCUT2D eigenvalue weighted by Gasteiger charge is -2.12. The smallest absolute Gasteiger partial charge is 0.271 e. The number of hydrogen-bond acceptors (Lipinski definition) is 5. The fourth-order valence-corrected chi connectivity index (χ4v) is 2.64. The normalized spacial score (nSPS) is 10.1. The van der Waals surface area contributed by atoms with Crippen LogP contribution in [-0.2, 0) is 4.74 Å². The molecule has 0 heterocycles. The summed E-state index contributed by atoms with van der Waals surface area (Å²) >= 11 is 16.8. The SMILES string of the molecule is COCCOc1ccc(C(=O)NC(=S)NNC(=O)c2ccc(Cl)cc2Cl)cc1. The molecule has 0 aromatic heterocycles. The van der Waals surface area contributed by atoms with E-state index in [0.29, 0.717) is 29.5 Å². The first-order chi connectivity index (χ1) is 13.4. The molecule has 0 saturated heterocycles. The van der Waals surface area contributed by atoms with Crippen molar-refractivity contribution in [3.05, 3.63) is 63.6 Å². The number of amides is 2. The first kappa shape index (κ1) is 21.9. The maximum atomic E-state index is 12.2. The van der Waals surface area contributed by atoms with E-state index < -0.39 is 11.8 Å². The molecule has 28 heavy (non-hydrogen) atoms. The Balaban J connectivity index is 1.83. The highest BCUT2D eigenvalue weighted by Gasteiger charge is 2.12. The summed E-state index contributed by atoms with van der Waals surface area (Å²) in [5.74, 6) is -0.364. The van der Waals surface area contributed by atoms with E-state index in [0.717, 1.165) is 0 Å². The van der Waals surface area contributed by atoms with Crippen LogP contribution >= 0.6 is 35.4 Å². The maximum absolute atomic E-state index is 12.2. The van der Waals surface area contributed by atoms with Crippen molar-refractivity contribution >= 4 is 52.3 Å². The summed E-state index contributed by atoms with van der Waals surface area (Å²) in [6.07, 6.45) is 0. The van der Waals surface area contributed by atoms with E-state index in [1.165, 1.54) is 18.2 Å². The number of nitrogens with one attached hydrogen (secondary N) is 3. The number of halogens is 2. The minimum absolute atomic E-state index is 0.0798. The monoisotopic (exact) mass is 441 g/mol. The molecule has 0 spiro atoms. The second-order valence-electron chi connectivity index (χ2n) is 5.35. The van der Waals surface area contributed by atoms with Gasteiger partial charge in [-0.1, -0.05) is 23.2 Å². The van der Waals surface area contributed by atoms with Crippen LogP contribution in [-0.4, -0.2) is 37.3 Å². The molecule has 0 unspecified atom stereocenters. The zero-order chi connectivity index (χ0) is 20.5. The zero-order valence-electron chi connectivity index (χ0n) is 14.8. The van der Waals surface area contributed by atoms with Crippen molar-refractivity contribution in [2.24, 2.45) is 0 Å². The summed E-state index contributed by atoms with van der Waals surface area (Å²) in [5, 5.41) is 2.97. The van der Waals surface area contributed by atoms with Crippen molar-refractivity contribution in [2.45, 2.75) is 0 Å². The van der Waals surface area contributed by atoms with E-state index in [1.54, 1.807) is 31.4 Å². The van der Waals surface area contributed by atoms with Gasteiger partial charge in [-0.3, -0.25) is 25.8 Å². The highest BCUT2D eigenvalue weighted by molar-refractivity contribution is 7.80. The van der Waals surface area contributed by atoms with Crippen molar-refractivity contribution < 1.29 is 19.1 Å². The topological polar surface area (TPSA) is 88.7 Å². The van der Waals surface area contributed by atoms with Gasteiger partial charge in [0.05, 0.1) is 17.2 Å². The van der Waals surface area contributed by atoms with Gasteiger partial charge >= 0.3 is 0 Å². The summed E-state index contributed by atoms with van der Waals surface area (Å²) in [5.41, 5.74) is 5.36. The van der Waals surface area contributed by atoms with Crippen LogP contribution < -0.4 is 20.9 Å². The summed E-state index contributed by atoms with van der Waals surface area (Å²) in [6, 6.07) is 10.9. The van der Waals surface area contributed by atoms with Crippen molar-refractivity contribution in [3.63, 3.8) is 0 Å². The third kappa shape index (κ3) is 6.65. The molecule has 0 fully saturated rings. The van der Waals surface area contributed by atoms with Gasteiger partial charge < -0.3 is 9.47 Å². The summed E-state index contributed by atoms with van der Waals surface area (Å²) in [7, 11) is 1.58. The average Bonchev–Trinajstić information content (AvgIpc) is 2.67. The van der Waals surface area contributed by atoms with E-state index >= 15 is 0 Å². The van der Waals surface area contributed by atoms with Gasteiger partial charge in [-0.15, -0.1) is 0 Å². The molecule has 0 saturated carbocycles. The fourth-order valence-electron chi connectivity index (χ4n) is 2.01. The second-order valence-corrected chi connectivity index (χ2v) is 6.60. The minimum atomic E-state index is -0.532. The molecule has 10 heteroatoms. The molecule has 0 radical (unpaired) electrons. The van der Waals surface area contributed by atoms with Crippen LogP contribution in [0.1, 0.15) is 20.7 Å². The lowest BCUT2D eigenvalue weighted by molar-refractivity contribution is 0.0934. The minimum Gasteiger partial charge on any atom is -0.491 e. The Labute approximate surface area is 177 Å². The Kier molecular flexibility index (Phi) is 8.46. The van der Waals surface area contributed by atoms with Crippen LogP contribution in [0, 0.1) is 0 Å². The molecule has 2 aromatic rings. The Morgan fingerprint density at radius 3 is 2.36 bits per heavy atom. The molecule has 0 aliphatic heterocycles. The van der Waals surface area contributed by atoms with Gasteiger partial charge in [-0.25, -0.2) is 0 Å². The molecule has 0 aliphatic carbocycles. The third-order valence-corrected chi connectivity index (χ3v) is 4.12. The van der Waals surface area contributed by atoms with E-state index in [1.807, 2.05) is 0 Å². The zero-order valence-corrected chi connectivity index (χ0v) is 17.1. The highest BCUT2D eigenvalue weighted by atomic mass is 35.5. The molecule has 0 aliphatic rings. The fraction of sp³-hybridized carbons (Fsp3) is 0.167. The molecule has 2 amide bonds. The number of thiocarbonyl (C=S) groups is 1. The summed E-state index contributed by atoms with van der Waals surface area (Å²) < 4.78 is 10.3. The lowest BCUT2D eigenvalue weighted by atomic mass is 10.2. The van der Waals surface area contributed by atoms with Crippen LogP contribution in [0.25, 0.3) is 0 Å². The number of carbonyl (C=O) groups is 2. The summed E-state index contributed by atoms with van der Waals surface area (Å²) in [6.45, 7) is 0.877. The van der Waals surface area contributed by atoms with Crippen molar-refractivity contribution in [2.75, 3.05) is 20.3 Å². The molecular formula is C18H17Cl2N3O4S. The number of methoxy groups -OCH3 is 1. The van der Waals surface area contributed by atoms with Crippen LogP contribution in [0.5, 0.6) is 5.75 Å². The molecule has 0 atom stereocenters. The number of ether oxygens (including phenoxy) is 2. The van der Waals surface area contributed by atoms with Crippen LogP contribution in [0.2, 0.25) is 10.0 Å². The predicted octanol–water partition coefficient (Wildman–Crippen LogP) is 2.97. The van der Waals surface area contributed by atoms with Crippen molar-refractivity contribution in [1.29, 1.82) is 0 Å². The average molecular weight is 442 g/mol. The predicted molar refractivity (Wildman–Crippen MR) is 111 cm³/mol. The largest absolute Gasteiger partial charge is 0.491 e. The number of carbonyl (C=O) groups excluding carboxylic acids is 2. The number of hydrazine groups is 1. The van der Waals surface area contributed by atoms with E-state index in [-0.39, 0.29) is 15.7 Å².